The lowest BCUT2D eigenvalue weighted by atomic mass is 9.75. The van der Waals surface area contributed by atoms with Crippen molar-refractivity contribution in [2.45, 2.75) is 74.5 Å². The molecule has 4 fully saturated rings. The predicted octanol–water partition coefficient (Wildman–Crippen LogP) is 7.37. The minimum absolute atomic E-state index is 0.0410. The molecule has 3 aromatic rings. The molecule has 4 heterocycles. The number of hydrogen-bond donors (Lipinski definition) is 1. The molecule has 1 N–H and O–H groups in total. The summed E-state index contributed by atoms with van der Waals surface area (Å²) in [6.45, 7) is 0. The number of benzene rings is 3. The van der Waals surface area contributed by atoms with Crippen LogP contribution in [0.2, 0.25) is 10.0 Å². The fourth-order valence-electron chi connectivity index (χ4n) is 8.77. The van der Waals surface area contributed by atoms with Gasteiger partial charge in [0, 0.05) is 40.1 Å². The first-order valence-corrected chi connectivity index (χ1v) is 16.6. The van der Waals surface area contributed by atoms with E-state index < -0.39 is 0 Å². The zero-order valence-corrected chi connectivity index (χ0v) is 26.7. The number of carbonyl (C=O) groups excluding carboxylic acids is 2. The maximum atomic E-state index is 14.2. The maximum Gasteiger partial charge on any atom is 0.316 e. The first-order valence-electron chi connectivity index (χ1n) is 15.8. The molecule has 8 atom stereocenters. The predicted molar refractivity (Wildman–Crippen MR) is 174 cm³/mol. The number of amides is 1. The van der Waals surface area contributed by atoms with E-state index in [1.165, 1.54) is 0 Å². The van der Waals surface area contributed by atoms with Crippen LogP contribution in [0.1, 0.15) is 61.5 Å². The van der Waals surface area contributed by atoms with Gasteiger partial charge >= 0.3 is 5.97 Å². The van der Waals surface area contributed by atoms with Gasteiger partial charge in [0.2, 0.25) is 5.91 Å². The second kappa shape index (κ2) is 12.1. The summed E-state index contributed by atoms with van der Waals surface area (Å²) in [6, 6.07) is 24.3. The summed E-state index contributed by atoms with van der Waals surface area (Å²) in [5.74, 6) is -0.326. The van der Waals surface area contributed by atoms with Crippen molar-refractivity contribution in [1.29, 1.82) is 0 Å². The molecule has 0 aromatic heterocycles. The van der Waals surface area contributed by atoms with E-state index in [9.17, 15) is 9.59 Å². The number of piperidine rings is 2. The van der Waals surface area contributed by atoms with Gasteiger partial charge in [-0.15, -0.1) is 0 Å². The van der Waals surface area contributed by atoms with Crippen LogP contribution in [0.3, 0.4) is 0 Å². The van der Waals surface area contributed by atoms with Crippen molar-refractivity contribution >= 4 is 40.8 Å². The molecule has 6 nitrogen and oxygen atoms in total. The van der Waals surface area contributed by atoms with Crippen LogP contribution < -0.4 is 10.1 Å². The van der Waals surface area contributed by atoms with E-state index in [1.807, 2.05) is 54.6 Å². The van der Waals surface area contributed by atoms with Crippen LogP contribution in [0.5, 0.6) is 5.75 Å². The fourth-order valence-corrected chi connectivity index (χ4v) is 9.02. The lowest BCUT2D eigenvalue weighted by Crippen LogP contribution is -2.50. The third-order valence-electron chi connectivity index (χ3n) is 11.1. The average molecular weight is 633 g/mol. The van der Waals surface area contributed by atoms with Crippen LogP contribution in [0.25, 0.3) is 0 Å². The van der Waals surface area contributed by atoms with Crippen molar-refractivity contribution in [1.82, 2.24) is 9.80 Å². The van der Waals surface area contributed by atoms with Gasteiger partial charge in [0.15, 0.2) is 5.75 Å². The second-order valence-corrected chi connectivity index (χ2v) is 14.0. The molecule has 3 aromatic carbocycles. The standard InChI is InChI=1S/C36H39Cl2N3O3/c1-40-25-15-17-30(40)33(27(19-25)21-7-11-23(37)12-8-21)35(42)39-29-5-3-4-6-32(29)44-36(43)34-28(22-9-13-24(38)14-10-22)20-26-16-18-31(34)41(26)2/h3-14,25-28,30-31,33-34H,15-20H2,1-2H3,(H,39,42)/t25-,26?,27-,28-,30?,31+,33?,34?/m1/s1. The summed E-state index contributed by atoms with van der Waals surface area (Å²) < 4.78 is 6.22. The quantitative estimate of drug-likeness (QED) is 0.227. The molecule has 4 bridgehead atoms. The van der Waals surface area contributed by atoms with Crippen molar-refractivity contribution in [2.75, 3.05) is 19.4 Å². The SMILES string of the molecule is CN1C2CC[C@@H]1C[C@H](c1ccc(Cl)cc1)C2C(=O)Nc1ccccc1OC(=O)C1[C@@H](c2ccc(Cl)cc2)CC2CC[C@@H]1N2C. The third-order valence-corrected chi connectivity index (χ3v) is 11.6. The average Bonchev–Trinajstić information content (AvgIpc) is 3.38. The van der Waals surface area contributed by atoms with Gasteiger partial charge in [0.1, 0.15) is 0 Å². The van der Waals surface area contributed by atoms with E-state index in [-0.39, 0.29) is 47.6 Å². The van der Waals surface area contributed by atoms with E-state index in [2.05, 4.69) is 41.3 Å². The fraction of sp³-hybridized carbons (Fsp3) is 0.444. The van der Waals surface area contributed by atoms with Crippen molar-refractivity contribution < 1.29 is 14.3 Å². The number of hydrogen-bond acceptors (Lipinski definition) is 5. The molecule has 230 valence electrons. The van der Waals surface area contributed by atoms with E-state index >= 15 is 0 Å². The smallest absolute Gasteiger partial charge is 0.316 e. The number of nitrogens with zero attached hydrogens (tertiary/aromatic N) is 2. The molecular formula is C36H39Cl2N3O3. The van der Waals surface area contributed by atoms with Crippen molar-refractivity contribution in [3.63, 3.8) is 0 Å². The monoisotopic (exact) mass is 631 g/mol. The van der Waals surface area contributed by atoms with Gasteiger partial charge in [-0.2, -0.15) is 0 Å². The maximum absolute atomic E-state index is 14.2. The lowest BCUT2D eigenvalue weighted by Gasteiger charge is -2.42. The highest BCUT2D eigenvalue weighted by Gasteiger charge is 2.51. The Balaban J connectivity index is 1.14. The summed E-state index contributed by atoms with van der Waals surface area (Å²) in [4.78, 5) is 33.0. The molecule has 0 saturated carbocycles. The van der Waals surface area contributed by atoms with E-state index in [0.29, 0.717) is 33.6 Å². The van der Waals surface area contributed by atoms with Crippen molar-refractivity contribution in [3.05, 3.63) is 94.0 Å². The third kappa shape index (κ3) is 5.44. The number of anilines is 1. The molecule has 4 aliphatic heterocycles. The molecule has 0 spiro atoms. The minimum atomic E-state index is -0.319. The number of fused-ring (bicyclic) bond motifs is 4. The highest BCUT2D eigenvalue weighted by Crippen LogP contribution is 2.48. The van der Waals surface area contributed by atoms with Crippen LogP contribution in [0.4, 0.5) is 5.69 Å². The Morgan fingerprint density at radius 1 is 0.705 bits per heavy atom. The summed E-state index contributed by atoms with van der Waals surface area (Å²) in [7, 11) is 4.27. The first kappa shape index (κ1) is 29.8. The number of carbonyl (C=O) groups is 2. The molecule has 0 aliphatic carbocycles. The number of esters is 1. The summed E-state index contributed by atoms with van der Waals surface area (Å²) in [5, 5.41) is 4.58. The van der Waals surface area contributed by atoms with Crippen LogP contribution >= 0.6 is 23.2 Å². The lowest BCUT2D eigenvalue weighted by molar-refractivity contribution is -0.143. The largest absolute Gasteiger partial charge is 0.424 e. The first-order chi connectivity index (χ1) is 21.3. The van der Waals surface area contributed by atoms with Gasteiger partial charge < -0.3 is 10.1 Å². The van der Waals surface area contributed by atoms with Gasteiger partial charge in [0.05, 0.1) is 17.5 Å². The van der Waals surface area contributed by atoms with Crippen LogP contribution in [0.15, 0.2) is 72.8 Å². The molecule has 4 aliphatic rings. The van der Waals surface area contributed by atoms with Crippen LogP contribution in [-0.4, -0.2) is 59.9 Å². The van der Waals surface area contributed by atoms with Gasteiger partial charge in [-0.05, 0) is 106 Å². The van der Waals surface area contributed by atoms with Gasteiger partial charge in [-0.25, -0.2) is 0 Å². The van der Waals surface area contributed by atoms with Gasteiger partial charge in [-0.1, -0.05) is 59.6 Å². The number of halogens is 2. The topological polar surface area (TPSA) is 61.9 Å². The Morgan fingerprint density at radius 3 is 1.77 bits per heavy atom. The Labute approximate surface area is 269 Å². The zero-order chi connectivity index (χ0) is 30.5. The molecule has 8 heteroatoms. The van der Waals surface area contributed by atoms with E-state index in [1.54, 1.807) is 6.07 Å². The molecule has 44 heavy (non-hydrogen) atoms. The number of ether oxygens (including phenoxy) is 1. The van der Waals surface area contributed by atoms with E-state index in [4.69, 9.17) is 27.9 Å². The molecule has 4 unspecified atom stereocenters. The van der Waals surface area contributed by atoms with Crippen molar-refractivity contribution in [2.24, 2.45) is 11.8 Å². The Bertz CT molecular complexity index is 1420. The second-order valence-electron chi connectivity index (χ2n) is 13.2. The zero-order valence-electron chi connectivity index (χ0n) is 25.2. The molecule has 1 amide bonds. The molecule has 4 saturated heterocycles. The van der Waals surface area contributed by atoms with Gasteiger partial charge in [-0.3, -0.25) is 19.4 Å². The summed E-state index contributed by atoms with van der Waals surface area (Å²) in [6.07, 6.45) is 5.95. The highest BCUT2D eigenvalue weighted by atomic mass is 35.5. The number of para-hydroxylation sites is 2. The van der Waals surface area contributed by atoms with Crippen LogP contribution in [-0.2, 0) is 9.59 Å². The van der Waals surface area contributed by atoms with Gasteiger partial charge in [0.25, 0.3) is 0 Å². The van der Waals surface area contributed by atoms with E-state index in [0.717, 1.165) is 49.7 Å². The molecular weight excluding hydrogens is 593 g/mol. The summed E-state index contributed by atoms with van der Waals surface area (Å²) in [5.41, 5.74) is 2.79. The molecule has 7 rings (SSSR count). The number of nitrogens with one attached hydrogen (secondary N) is 1. The Kier molecular flexibility index (Phi) is 8.21. The molecule has 0 radical (unpaired) electrons. The normalized spacial score (nSPS) is 31.5. The highest BCUT2D eigenvalue weighted by molar-refractivity contribution is 6.30. The van der Waals surface area contributed by atoms with Crippen molar-refractivity contribution in [3.8, 4) is 5.75 Å². The number of rotatable bonds is 6. The summed E-state index contributed by atoms with van der Waals surface area (Å²) >= 11 is 12.4. The Morgan fingerprint density at radius 2 is 1.20 bits per heavy atom. The van der Waals surface area contributed by atoms with Crippen LogP contribution in [0, 0.1) is 11.8 Å². The minimum Gasteiger partial charge on any atom is -0.424 e. The Hall–Kier alpha value is -2.90.